The maximum Gasteiger partial charge on any atom is 0.279 e. The number of nitrogens with zero attached hydrogens (tertiary/aromatic N) is 3. The molecule has 1 unspecified atom stereocenters. The number of H-pyrrole nitrogens is 1. The van der Waals surface area contributed by atoms with Gasteiger partial charge in [-0.15, -0.1) is 0 Å². The van der Waals surface area contributed by atoms with Crippen LogP contribution >= 0.6 is 0 Å². The van der Waals surface area contributed by atoms with Crippen LogP contribution in [0.2, 0.25) is 0 Å². The third kappa shape index (κ3) is 2.06. The molecule has 1 fully saturated rings. The highest BCUT2D eigenvalue weighted by atomic mass is 16.6. The maximum absolute atomic E-state index is 12.0. The number of ether oxygens (including phenoxy) is 1. The molecule has 1 saturated heterocycles. The SMILES string of the molecule is C=Cc1nc2c(=O)[nH]c(C)nc2n1[C@@H]1O[C@H](CO)[C@H](O)C1O. The third-order valence-corrected chi connectivity index (χ3v) is 3.65. The maximum atomic E-state index is 12.0. The molecule has 0 aromatic carbocycles. The third-order valence-electron chi connectivity index (χ3n) is 3.65. The van der Waals surface area contributed by atoms with Gasteiger partial charge >= 0.3 is 0 Å². The second-order valence-electron chi connectivity index (χ2n) is 5.10. The summed E-state index contributed by atoms with van der Waals surface area (Å²) in [7, 11) is 0. The number of aromatic nitrogens is 4. The number of fused-ring (bicyclic) bond motifs is 1. The van der Waals surface area contributed by atoms with Crippen LogP contribution in [0.5, 0.6) is 0 Å². The van der Waals surface area contributed by atoms with E-state index in [9.17, 15) is 20.1 Å². The Bertz CT molecular complexity index is 783. The Balaban J connectivity index is 2.22. The minimum absolute atomic E-state index is 0.0817. The molecule has 2 aromatic rings. The standard InChI is InChI=1S/C13H16N4O5/c1-3-7-16-8-11(14-5(2)15-12(8)21)17(7)13-10(20)9(19)6(4-18)22-13/h3,6,9-10,13,18-20H,1,4H2,2H3,(H,14,15,21)/t6-,9+,10?,13-/m1/s1. The van der Waals surface area contributed by atoms with Crippen molar-refractivity contribution in [2.75, 3.05) is 6.61 Å². The minimum atomic E-state index is -1.30. The smallest absolute Gasteiger partial charge is 0.279 e. The summed E-state index contributed by atoms with van der Waals surface area (Å²) in [6.07, 6.45) is -3.12. The van der Waals surface area contributed by atoms with E-state index < -0.39 is 36.7 Å². The Labute approximate surface area is 124 Å². The highest BCUT2D eigenvalue weighted by molar-refractivity contribution is 5.72. The predicted molar refractivity (Wildman–Crippen MR) is 76.0 cm³/mol. The molecule has 22 heavy (non-hydrogen) atoms. The van der Waals surface area contributed by atoms with Gasteiger partial charge < -0.3 is 25.0 Å². The summed E-state index contributed by atoms with van der Waals surface area (Å²) in [5.41, 5.74) is -0.125. The van der Waals surface area contributed by atoms with E-state index in [0.29, 0.717) is 5.82 Å². The van der Waals surface area contributed by atoms with Gasteiger partial charge in [0.25, 0.3) is 5.56 Å². The normalized spacial score (nSPS) is 28.4. The van der Waals surface area contributed by atoms with Gasteiger partial charge in [-0.2, -0.15) is 0 Å². The van der Waals surface area contributed by atoms with Crippen molar-refractivity contribution in [3.05, 3.63) is 28.6 Å². The molecule has 0 spiro atoms. The van der Waals surface area contributed by atoms with Gasteiger partial charge in [-0.25, -0.2) is 9.97 Å². The van der Waals surface area contributed by atoms with Crippen LogP contribution in [0.3, 0.4) is 0 Å². The molecule has 4 atom stereocenters. The summed E-state index contributed by atoms with van der Waals surface area (Å²) in [5, 5.41) is 29.2. The number of aliphatic hydroxyl groups is 3. The lowest BCUT2D eigenvalue weighted by atomic mass is 10.1. The number of nitrogens with one attached hydrogen (secondary N) is 1. The zero-order chi connectivity index (χ0) is 16.0. The number of aryl methyl sites for hydroxylation is 1. The van der Waals surface area contributed by atoms with Crippen molar-refractivity contribution in [2.24, 2.45) is 0 Å². The fourth-order valence-electron chi connectivity index (χ4n) is 2.60. The molecule has 1 aliphatic rings. The topological polar surface area (TPSA) is 133 Å². The van der Waals surface area contributed by atoms with Gasteiger partial charge in [0.05, 0.1) is 6.61 Å². The number of hydrogen-bond donors (Lipinski definition) is 4. The summed E-state index contributed by atoms with van der Waals surface area (Å²) in [5.74, 6) is 0.648. The van der Waals surface area contributed by atoms with E-state index in [1.807, 2.05) is 0 Å². The molecular weight excluding hydrogens is 292 g/mol. The van der Waals surface area contributed by atoms with E-state index in [0.717, 1.165) is 0 Å². The van der Waals surface area contributed by atoms with Gasteiger partial charge in [-0.3, -0.25) is 9.36 Å². The fourth-order valence-corrected chi connectivity index (χ4v) is 2.60. The van der Waals surface area contributed by atoms with E-state index in [1.165, 1.54) is 10.6 Å². The van der Waals surface area contributed by atoms with Crippen molar-refractivity contribution < 1.29 is 20.1 Å². The molecule has 0 saturated carbocycles. The van der Waals surface area contributed by atoms with Crippen molar-refractivity contribution >= 4 is 17.2 Å². The number of hydrogen-bond acceptors (Lipinski definition) is 7. The largest absolute Gasteiger partial charge is 0.394 e. The average molecular weight is 308 g/mol. The van der Waals surface area contributed by atoms with Crippen LogP contribution in [0.4, 0.5) is 0 Å². The van der Waals surface area contributed by atoms with E-state index in [-0.39, 0.29) is 17.0 Å². The second kappa shape index (κ2) is 5.29. The van der Waals surface area contributed by atoms with Gasteiger partial charge in [0.1, 0.15) is 30.0 Å². The van der Waals surface area contributed by atoms with Gasteiger partial charge in [0.15, 0.2) is 17.4 Å². The van der Waals surface area contributed by atoms with Crippen molar-refractivity contribution in [3.8, 4) is 0 Å². The Morgan fingerprint density at radius 2 is 2.14 bits per heavy atom. The quantitative estimate of drug-likeness (QED) is 0.552. The lowest BCUT2D eigenvalue weighted by Gasteiger charge is -2.18. The van der Waals surface area contributed by atoms with Crippen molar-refractivity contribution in [3.63, 3.8) is 0 Å². The molecule has 3 rings (SSSR count). The molecule has 9 nitrogen and oxygen atoms in total. The zero-order valence-corrected chi connectivity index (χ0v) is 11.8. The number of aliphatic hydroxyl groups excluding tert-OH is 3. The van der Waals surface area contributed by atoms with Gasteiger partial charge in [-0.1, -0.05) is 6.58 Å². The molecule has 4 N–H and O–H groups in total. The summed E-state index contributed by atoms with van der Waals surface area (Å²) >= 11 is 0. The zero-order valence-electron chi connectivity index (χ0n) is 11.8. The highest BCUT2D eigenvalue weighted by Gasteiger charge is 2.44. The van der Waals surface area contributed by atoms with E-state index in [4.69, 9.17) is 4.74 Å². The Morgan fingerprint density at radius 3 is 2.73 bits per heavy atom. The van der Waals surface area contributed by atoms with Crippen molar-refractivity contribution in [1.82, 2.24) is 19.5 Å². The Hall–Kier alpha value is -2.07. The lowest BCUT2D eigenvalue weighted by molar-refractivity contribution is -0.0513. The molecule has 0 bridgehead atoms. The van der Waals surface area contributed by atoms with E-state index in [2.05, 4.69) is 21.5 Å². The summed E-state index contributed by atoms with van der Waals surface area (Å²) in [6, 6.07) is 0. The summed E-state index contributed by atoms with van der Waals surface area (Å²) in [4.78, 5) is 22.9. The second-order valence-corrected chi connectivity index (χ2v) is 5.10. The van der Waals surface area contributed by atoms with Crippen LogP contribution in [-0.2, 0) is 4.74 Å². The average Bonchev–Trinajstić information content (AvgIpc) is 2.98. The van der Waals surface area contributed by atoms with Crippen LogP contribution < -0.4 is 5.56 Å². The first-order valence-corrected chi connectivity index (χ1v) is 6.71. The van der Waals surface area contributed by atoms with Crippen LogP contribution in [0, 0.1) is 6.92 Å². The van der Waals surface area contributed by atoms with E-state index in [1.54, 1.807) is 6.92 Å². The monoisotopic (exact) mass is 308 g/mol. The first-order valence-electron chi connectivity index (χ1n) is 6.71. The van der Waals surface area contributed by atoms with Gasteiger partial charge in [0.2, 0.25) is 0 Å². The van der Waals surface area contributed by atoms with Crippen LogP contribution in [0.1, 0.15) is 17.9 Å². The molecule has 9 heteroatoms. The minimum Gasteiger partial charge on any atom is -0.394 e. The van der Waals surface area contributed by atoms with Crippen molar-refractivity contribution in [2.45, 2.75) is 31.5 Å². The molecule has 118 valence electrons. The number of aromatic amines is 1. The molecule has 1 aliphatic heterocycles. The number of rotatable bonds is 3. The van der Waals surface area contributed by atoms with Gasteiger partial charge in [-0.05, 0) is 13.0 Å². The molecular formula is C13H16N4O5. The molecule has 0 aliphatic carbocycles. The van der Waals surface area contributed by atoms with Crippen LogP contribution in [0.15, 0.2) is 11.4 Å². The first-order chi connectivity index (χ1) is 10.5. The van der Waals surface area contributed by atoms with Gasteiger partial charge in [0, 0.05) is 0 Å². The van der Waals surface area contributed by atoms with Crippen LogP contribution in [0.25, 0.3) is 17.2 Å². The molecule has 0 amide bonds. The fraction of sp³-hybridized carbons (Fsp3) is 0.462. The highest BCUT2D eigenvalue weighted by Crippen LogP contribution is 2.32. The molecule has 2 aromatic heterocycles. The molecule has 3 heterocycles. The Morgan fingerprint density at radius 1 is 1.41 bits per heavy atom. The Kier molecular flexibility index (Phi) is 3.57. The lowest BCUT2D eigenvalue weighted by Crippen LogP contribution is -2.33. The summed E-state index contributed by atoms with van der Waals surface area (Å²) < 4.78 is 6.88. The number of imidazole rings is 1. The predicted octanol–water partition coefficient (Wildman–Crippen LogP) is -1.32. The van der Waals surface area contributed by atoms with E-state index >= 15 is 0 Å². The van der Waals surface area contributed by atoms with Crippen molar-refractivity contribution in [1.29, 1.82) is 0 Å². The first kappa shape index (κ1) is 14.9. The molecule has 0 radical (unpaired) electrons. The van der Waals surface area contributed by atoms with Crippen LogP contribution in [-0.4, -0.2) is 59.8 Å². The summed E-state index contributed by atoms with van der Waals surface area (Å²) in [6.45, 7) is 4.79.